The molecule has 5 heteroatoms. The molecule has 1 aromatic heterocycles. The number of hydrogen-bond donors (Lipinski definition) is 1. The number of benzene rings is 1. The Morgan fingerprint density at radius 1 is 1.17 bits per heavy atom. The molecular weight excluding hydrogens is 288 g/mol. The number of rotatable bonds is 5. The molecule has 1 aromatic carbocycles. The summed E-state index contributed by atoms with van der Waals surface area (Å²) >= 11 is 0. The van der Waals surface area contributed by atoms with Gasteiger partial charge in [-0.15, -0.1) is 0 Å². The van der Waals surface area contributed by atoms with Crippen molar-refractivity contribution in [3.8, 4) is 17.3 Å². The second kappa shape index (κ2) is 7.21. The smallest absolute Gasteiger partial charge is 0.223 e. The predicted molar refractivity (Wildman–Crippen MR) is 91.2 cm³/mol. The van der Waals surface area contributed by atoms with Gasteiger partial charge in [0.2, 0.25) is 5.95 Å². The molecule has 120 valence electrons. The van der Waals surface area contributed by atoms with Crippen molar-refractivity contribution in [2.45, 2.75) is 26.2 Å². The minimum atomic E-state index is -0.0814. The average molecular weight is 310 g/mol. The third kappa shape index (κ3) is 4.51. The van der Waals surface area contributed by atoms with Crippen LogP contribution in [0.3, 0.4) is 0 Å². The van der Waals surface area contributed by atoms with Crippen LogP contribution < -0.4 is 5.32 Å². The topological polar surface area (TPSA) is 70.8 Å². The second-order valence-corrected chi connectivity index (χ2v) is 6.32. The Kier molecular flexibility index (Phi) is 5.30. The number of hydrogen-bond acceptors (Lipinski definition) is 5. The molecule has 1 N–H and O–H groups in total. The first kappa shape index (κ1) is 16.9. The lowest BCUT2D eigenvalue weighted by Gasteiger charge is -2.19. The zero-order chi connectivity index (χ0) is 16.9. The highest BCUT2D eigenvalue weighted by molar-refractivity contribution is 5.62. The first-order valence-electron chi connectivity index (χ1n) is 7.57. The molecule has 0 aliphatic carbocycles. The number of nitrogens with zero attached hydrogens (tertiary/aromatic N) is 3. The van der Waals surface area contributed by atoms with Gasteiger partial charge in [0.25, 0.3) is 0 Å². The Balaban J connectivity index is 2.40. The first-order valence-corrected chi connectivity index (χ1v) is 7.57. The molecule has 1 heterocycles. The number of methoxy groups -OCH3 is 1. The van der Waals surface area contributed by atoms with E-state index in [1.165, 1.54) is 0 Å². The van der Waals surface area contributed by atoms with Crippen molar-refractivity contribution >= 4 is 5.95 Å². The van der Waals surface area contributed by atoms with Crippen molar-refractivity contribution in [3.63, 3.8) is 0 Å². The molecule has 0 radical (unpaired) electrons. The molecule has 0 unspecified atom stereocenters. The molecule has 0 saturated carbocycles. The summed E-state index contributed by atoms with van der Waals surface area (Å²) < 4.78 is 5.05. The third-order valence-electron chi connectivity index (χ3n) is 3.39. The van der Waals surface area contributed by atoms with Crippen LogP contribution in [0.1, 0.15) is 32.0 Å². The molecule has 2 aromatic rings. The zero-order valence-electron chi connectivity index (χ0n) is 14.1. The number of anilines is 1. The Morgan fingerprint density at radius 3 is 2.43 bits per heavy atom. The predicted octanol–water partition coefficient (Wildman–Crippen LogP) is 3.37. The lowest BCUT2D eigenvalue weighted by molar-refractivity contribution is 0.210. The van der Waals surface area contributed by atoms with E-state index < -0.39 is 0 Å². The van der Waals surface area contributed by atoms with Gasteiger partial charge in [0, 0.05) is 24.6 Å². The summed E-state index contributed by atoms with van der Waals surface area (Å²) in [4.78, 5) is 9.19. The van der Waals surface area contributed by atoms with Crippen LogP contribution >= 0.6 is 0 Å². The largest absolute Gasteiger partial charge is 0.383 e. The average Bonchev–Trinajstić information content (AvgIpc) is 2.54. The van der Waals surface area contributed by atoms with Gasteiger partial charge in [0.05, 0.1) is 29.6 Å². The van der Waals surface area contributed by atoms with Crippen molar-refractivity contribution in [3.05, 3.63) is 41.6 Å². The molecule has 23 heavy (non-hydrogen) atoms. The van der Waals surface area contributed by atoms with Crippen molar-refractivity contribution in [1.82, 2.24) is 9.97 Å². The van der Waals surface area contributed by atoms with E-state index in [0.717, 1.165) is 17.0 Å². The molecule has 0 atom stereocenters. The van der Waals surface area contributed by atoms with Crippen molar-refractivity contribution < 1.29 is 4.74 Å². The maximum Gasteiger partial charge on any atom is 0.223 e. The number of nitriles is 1. The summed E-state index contributed by atoms with van der Waals surface area (Å²) in [6, 6.07) is 11.5. The van der Waals surface area contributed by atoms with Gasteiger partial charge in [0.15, 0.2) is 0 Å². The number of aromatic nitrogens is 2. The van der Waals surface area contributed by atoms with Crippen LogP contribution in [0.25, 0.3) is 11.3 Å². The van der Waals surface area contributed by atoms with E-state index in [1.807, 2.05) is 18.2 Å². The molecule has 0 amide bonds. The Labute approximate surface area is 137 Å². The van der Waals surface area contributed by atoms with Gasteiger partial charge in [-0.3, -0.25) is 0 Å². The maximum atomic E-state index is 8.92. The quantitative estimate of drug-likeness (QED) is 0.857. The highest BCUT2D eigenvalue weighted by Crippen LogP contribution is 2.26. The molecule has 0 spiro atoms. The van der Waals surface area contributed by atoms with Crippen LogP contribution in [0.4, 0.5) is 5.95 Å². The molecule has 0 aliphatic heterocycles. The van der Waals surface area contributed by atoms with E-state index in [0.29, 0.717) is 24.7 Å². The summed E-state index contributed by atoms with van der Waals surface area (Å²) in [7, 11) is 1.66. The van der Waals surface area contributed by atoms with Crippen molar-refractivity contribution in [1.29, 1.82) is 5.26 Å². The van der Waals surface area contributed by atoms with E-state index in [-0.39, 0.29) is 5.41 Å². The first-order chi connectivity index (χ1) is 10.9. The van der Waals surface area contributed by atoms with Crippen LogP contribution in [0, 0.1) is 11.3 Å². The molecule has 5 nitrogen and oxygen atoms in total. The van der Waals surface area contributed by atoms with Crippen molar-refractivity contribution in [2.24, 2.45) is 0 Å². The summed E-state index contributed by atoms with van der Waals surface area (Å²) in [6.45, 7) is 7.61. The van der Waals surface area contributed by atoms with E-state index in [2.05, 4.69) is 42.1 Å². The van der Waals surface area contributed by atoms with E-state index in [4.69, 9.17) is 10.00 Å². The van der Waals surface area contributed by atoms with Gasteiger partial charge in [-0.2, -0.15) is 5.26 Å². The summed E-state index contributed by atoms with van der Waals surface area (Å²) in [5.74, 6) is 0.592. The van der Waals surface area contributed by atoms with Crippen LogP contribution in [0.5, 0.6) is 0 Å². The summed E-state index contributed by atoms with van der Waals surface area (Å²) in [5.41, 5.74) is 3.33. The number of ether oxygens (including phenoxy) is 1. The van der Waals surface area contributed by atoms with Crippen LogP contribution in [-0.2, 0) is 10.2 Å². The van der Waals surface area contributed by atoms with Gasteiger partial charge in [-0.05, 0) is 18.2 Å². The van der Waals surface area contributed by atoms with E-state index in [1.54, 1.807) is 19.2 Å². The lowest BCUT2D eigenvalue weighted by atomic mass is 9.91. The van der Waals surface area contributed by atoms with Gasteiger partial charge in [-0.1, -0.05) is 32.9 Å². The van der Waals surface area contributed by atoms with Gasteiger partial charge >= 0.3 is 0 Å². The third-order valence-corrected chi connectivity index (χ3v) is 3.39. The van der Waals surface area contributed by atoms with Crippen molar-refractivity contribution in [2.75, 3.05) is 25.6 Å². The molecular formula is C18H22N4O. The Morgan fingerprint density at radius 2 is 1.87 bits per heavy atom. The van der Waals surface area contributed by atoms with Crippen LogP contribution in [0.2, 0.25) is 0 Å². The molecule has 0 aliphatic rings. The van der Waals surface area contributed by atoms with E-state index in [9.17, 15) is 0 Å². The lowest BCUT2D eigenvalue weighted by Crippen LogP contribution is -2.17. The van der Waals surface area contributed by atoms with Crippen LogP contribution in [0.15, 0.2) is 30.3 Å². The van der Waals surface area contributed by atoms with Gasteiger partial charge < -0.3 is 10.1 Å². The zero-order valence-corrected chi connectivity index (χ0v) is 14.1. The van der Waals surface area contributed by atoms with Crippen LogP contribution in [-0.4, -0.2) is 30.2 Å². The van der Waals surface area contributed by atoms with Gasteiger partial charge in [-0.25, -0.2) is 9.97 Å². The summed E-state index contributed by atoms with van der Waals surface area (Å²) in [6.07, 6.45) is 0. The maximum absolute atomic E-state index is 8.92. The minimum Gasteiger partial charge on any atom is -0.383 e. The standard InChI is InChI=1S/C18H22N4O/c1-18(2,3)16-11-15(14-7-5-13(12-19)6-8-14)21-17(22-16)20-9-10-23-4/h5-8,11H,9-10H2,1-4H3,(H,20,21,22). The Hall–Kier alpha value is -2.45. The number of nitrogens with one attached hydrogen (secondary N) is 1. The Bertz CT molecular complexity index is 696. The molecule has 0 fully saturated rings. The molecule has 0 saturated heterocycles. The highest BCUT2D eigenvalue weighted by atomic mass is 16.5. The highest BCUT2D eigenvalue weighted by Gasteiger charge is 2.18. The SMILES string of the molecule is COCCNc1nc(-c2ccc(C#N)cc2)cc(C(C)(C)C)n1. The fourth-order valence-electron chi connectivity index (χ4n) is 2.04. The van der Waals surface area contributed by atoms with Gasteiger partial charge in [0.1, 0.15) is 0 Å². The molecule has 0 bridgehead atoms. The summed E-state index contributed by atoms with van der Waals surface area (Å²) in [5, 5.41) is 12.1. The fourth-order valence-corrected chi connectivity index (χ4v) is 2.04. The fraction of sp³-hybridized carbons (Fsp3) is 0.389. The molecule has 2 rings (SSSR count). The normalized spacial score (nSPS) is 11.1. The monoisotopic (exact) mass is 310 g/mol. The van der Waals surface area contributed by atoms with E-state index >= 15 is 0 Å². The minimum absolute atomic E-state index is 0.0814. The second-order valence-electron chi connectivity index (χ2n) is 6.32.